The van der Waals surface area contributed by atoms with Crippen LogP contribution in [0.5, 0.6) is 0 Å². The minimum Gasteiger partial charge on any atom is -0.302 e. The maximum atomic E-state index is 13.3. The van der Waals surface area contributed by atoms with Crippen molar-refractivity contribution in [2.45, 2.75) is 45.4 Å². The second-order valence-corrected chi connectivity index (χ2v) is 10.2. The molecular formula is C33H36N4O. The topological polar surface area (TPSA) is 57.6 Å². The highest BCUT2D eigenvalue weighted by molar-refractivity contribution is 6.07. The highest BCUT2D eigenvalue weighted by Gasteiger charge is 2.17. The Morgan fingerprint density at radius 3 is 2.42 bits per heavy atom. The first-order chi connectivity index (χ1) is 18.6. The fourth-order valence-electron chi connectivity index (χ4n) is 5.00. The van der Waals surface area contributed by atoms with Crippen LogP contribution in [0.15, 0.2) is 90.0 Å². The average Bonchev–Trinajstić information content (AvgIpc) is 2.99. The van der Waals surface area contributed by atoms with Crippen LogP contribution in [0.4, 0.5) is 0 Å². The van der Waals surface area contributed by atoms with Crippen LogP contribution < -0.4 is 5.43 Å². The molecule has 0 radical (unpaired) electrons. The van der Waals surface area contributed by atoms with Crippen molar-refractivity contribution < 1.29 is 4.79 Å². The van der Waals surface area contributed by atoms with Crippen LogP contribution in [0.2, 0.25) is 0 Å². The van der Waals surface area contributed by atoms with Crippen molar-refractivity contribution in [3.63, 3.8) is 0 Å². The molecular weight excluding hydrogens is 468 g/mol. The van der Waals surface area contributed by atoms with Crippen LogP contribution in [0.25, 0.3) is 22.2 Å². The summed E-state index contributed by atoms with van der Waals surface area (Å²) in [5.74, 6) is 0.324. The lowest BCUT2D eigenvalue weighted by molar-refractivity contribution is 0.0956. The zero-order valence-corrected chi connectivity index (χ0v) is 22.4. The van der Waals surface area contributed by atoms with E-state index < -0.39 is 0 Å². The summed E-state index contributed by atoms with van der Waals surface area (Å²) in [4.78, 5) is 20.7. The van der Waals surface area contributed by atoms with Gasteiger partial charge in [-0.1, -0.05) is 86.6 Å². The van der Waals surface area contributed by atoms with Gasteiger partial charge < -0.3 is 4.90 Å². The number of likely N-dealkylation sites (tertiary alicyclic amines) is 1. The fourth-order valence-corrected chi connectivity index (χ4v) is 5.00. The van der Waals surface area contributed by atoms with Gasteiger partial charge in [0.15, 0.2) is 0 Å². The van der Waals surface area contributed by atoms with Gasteiger partial charge in [0.25, 0.3) is 5.91 Å². The minimum absolute atomic E-state index is 0.194. The number of benzene rings is 3. The molecule has 4 aromatic rings. The van der Waals surface area contributed by atoms with Crippen molar-refractivity contribution in [2.24, 2.45) is 5.10 Å². The molecule has 5 nitrogen and oxygen atoms in total. The molecule has 1 aromatic heterocycles. The Labute approximate surface area is 225 Å². The van der Waals surface area contributed by atoms with Gasteiger partial charge in [0.2, 0.25) is 0 Å². The monoisotopic (exact) mass is 504 g/mol. The molecule has 194 valence electrons. The molecule has 1 aliphatic rings. The van der Waals surface area contributed by atoms with Gasteiger partial charge >= 0.3 is 0 Å². The Kier molecular flexibility index (Phi) is 8.25. The number of amides is 1. The van der Waals surface area contributed by atoms with Gasteiger partial charge in [-0.05, 0) is 42.0 Å². The number of nitrogens with zero attached hydrogens (tertiary/aromatic N) is 3. The molecule has 1 fully saturated rings. The number of para-hydroxylation sites is 1. The predicted molar refractivity (Wildman–Crippen MR) is 157 cm³/mol. The van der Waals surface area contributed by atoms with Gasteiger partial charge in [0.1, 0.15) is 0 Å². The Morgan fingerprint density at radius 1 is 0.974 bits per heavy atom. The van der Waals surface area contributed by atoms with Crippen LogP contribution in [0.1, 0.15) is 60.5 Å². The first-order valence-corrected chi connectivity index (χ1v) is 13.7. The zero-order valence-electron chi connectivity index (χ0n) is 22.4. The van der Waals surface area contributed by atoms with E-state index >= 15 is 0 Å². The van der Waals surface area contributed by atoms with E-state index in [1.165, 1.54) is 11.1 Å². The Morgan fingerprint density at radius 2 is 1.68 bits per heavy atom. The van der Waals surface area contributed by atoms with E-state index in [1.54, 1.807) is 0 Å². The number of aromatic nitrogens is 1. The number of fused-ring (bicyclic) bond motifs is 1. The summed E-state index contributed by atoms with van der Waals surface area (Å²) < 4.78 is 0. The standard InChI is InChI=1S/C33H36N4O/c1-3-24(2)26-13-15-27(16-14-26)32-23-30(29-11-7-8-12-31(29)34-32)33(38)36-35-28-18-21-37(22-19-28)20-17-25-9-5-4-6-10-25/h4-16,23-24H,3,17-22H2,1-2H3,(H,36,38)/t24-/m0/s1. The van der Waals surface area contributed by atoms with Gasteiger partial charge in [0.05, 0.1) is 16.8 Å². The van der Waals surface area contributed by atoms with E-state index in [-0.39, 0.29) is 5.91 Å². The van der Waals surface area contributed by atoms with Crippen LogP contribution in [0, 0.1) is 0 Å². The third kappa shape index (κ3) is 6.17. The molecule has 0 bridgehead atoms. The Hall–Kier alpha value is -3.83. The molecule has 1 amide bonds. The molecule has 5 heteroatoms. The first kappa shape index (κ1) is 25.8. The van der Waals surface area contributed by atoms with Crippen LogP contribution in [0.3, 0.4) is 0 Å². The van der Waals surface area contributed by atoms with Crippen LogP contribution in [-0.4, -0.2) is 41.1 Å². The Bertz CT molecular complexity index is 1400. The summed E-state index contributed by atoms with van der Waals surface area (Å²) in [5, 5.41) is 5.37. The summed E-state index contributed by atoms with van der Waals surface area (Å²) >= 11 is 0. The zero-order chi connectivity index (χ0) is 26.3. The molecule has 1 saturated heterocycles. The number of rotatable bonds is 8. The third-order valence-corrected chi connectivity index (χ3v) is 7.66. The second-order valence-electron chi connectivity index (χ2n) is 10.2. The van der Waals surface area contributed by atoms with E-state index in [9.17, 15) is 4.79 Å². The molecule has 1 atom stereocenters. The summed E-state index contributed by atoms with van der Waals surface area (Å²) in [6.07, 6.45) is 3.91. The highest BCUT2D eigenvalue weighted by atomic mass is 16.2. The second kappa shape index (κ2) is 12.1. The molecule has 0 unspecified atom stereocenters. The molecule has 5 rings (SSSR count). The number of carbonyl (C=O) groups excluding carboxylic acids is 1. The van der Waals surface area contributed by atoms with Crippen molar-refractivity contribution in [3.8, 4) is 11.3 Å². The lowest BCUT2D eigenvalue weighted by atomic mass is 9.96. The van der Waals surface area contributed by atoms with Gasteiger partial charge in [-0.2, -0.15) is 5.10 Å². The van der Waals surface area contributed by atoms with Crippen molar-refractivity contribution in [1.29, 1.82) is 0 Å². The minimum atomic E-state index is -0.194. The third-order valence-electron chi connectivity index (χ3n) is 7.66. The number of piperidine rings is 1. The maximum absolute atomic E-state index is 13.3. The maximum Gasteiger partial charge on any atom is 0.272 e. The SMILES string of the molecule is CC[C@H](C)c1ccc(-c2cc(C(=O)NN=C3CCN(CCc4ccccc4)CC3)c3ccccc3n2)cc1. The van der Waals surface area contributed by atoms with Gasteiger partial charge in [-0.25, -0.2) is 10.4 Å². The number of nitrogens with one attached hydrogen (secondary N) is 1. The highest BCUT2D eigenvalue weighted by Crippen LogP contribution is 2.27. The average molecular weight is 505 g/mol. The molecule has 1 aliphatic heterocycles. The quantitative estimate of drug-likeness (QED) is 0.267. The largest absolute Gasteiger partial charge is 0.302 e. The molecule has 0 aliphatic carbocycles. The predicted octanol–water partition coefficient (Wildman–Crippen LogP) is 6.84. The summed E-state index contributed by atoms with van der Waals surface area (Å²) in [7, 11) is 0. The lowest BCUT2D eigenvalue weighted by Gasteiger charge is -2.27. The van der Waals surface area contributed by atoms with E-state index in [1.807, 2.05) is 30.3 Å². The Balaban J connectivity index is 1.27. The molecule has 2 heterocycles. The summed E-state index contributed by atoms with van der Waals surface area (Å²) in [6, 6.07) is 28.8. The number of hydrazone groups is 1. The number of pyridine rings is 1. The summed E-state index contributed by atoms with van der Waals surface area (Å²) in [6.45, 7) is 7.43. The van der Waals surface area contributed by atoms with E-state index in [4.69, 9.17) is 4.98 Å². The normalized spacial score (nSPS) is 14.8. The first-order valence-electron chi connectivity index (χ1n) is 13.7. The molecule has 0 saturated carbocycles. The smallest absolute Gasteiger partial charge is 0.272 e. The van der Waals surface area contributed by atoms with E-state index in [0.717, 1.165) is 73.2 Å². The van der Waals surface area contributed by atoms with Crippen LogP contribution in [-0.2, 0) is 6.42 Å². The summed E-state index contributed by atoms with van der Waals surface area (Å²) in [5.41, 5.74) is 9.79. The molecule has 3 aromatic carbocycles. The van der Waals surface area contributed by atoms with E-state index in [0.29, 0.717) is 11.5 Å². The number of carbonyl (C=O) groups is 1. The van der Waals surface area contributed by atoms with E-state index in [2.05, 4.69) is 83.9 Å². The van der Waals surface area contributed by atoms with Gasteiger partial charge in [-0.15, -0.1) is 0 Å². The lowest BCUT2D eigenvalue weighted by Crippen LogP contribution is -2.36. The molecule has 0 spiro atoms. The fraction of sp³-hybridized carbons (Fsp3) is 0.303. The van der Waals surface area contributed by atoms with Crippen molar-refractivity contribution in [3.05, 3.63) is 102 Å². The van der Waals surface area contributed by atoms with Gasteiger partial charge in [-0.3, -0.25) is 4.79 Å². The van der Waals surface area contributed by atoms with Crippen molar-refractivity contribution >= 4 is 22.5 Å². The van der Waals surface area contributed by atoms with Crippen molar-refractivity contribution in [2.75, 3.05) is 19.6 Å². The van der Waals surface area contributed by atoms with Crippen LogP contribution >= 0.6 is 0 Å². The van der Waals surface area contributed by atoms with Gasteiger partial charge in [0, 0.05) is 49.1 Å². The van der Waals surface area contributed by atoms with Crippen molar-refractivity contribution in [1.82, 2.24) is 15.3 Å². The molecule has 38 heavy (non-hydrogen) atoms. The number of hydrogen-bond acceptors (Lipinski definition) is 4. The number of hydrogen-bond donors (Lipinski definition) is 1. The molecule has 1 N–H and O–H groups in total.